The third-order valence-electron chi connectivity index (χ3n) is 7.03. The Labute approximate surface area is 171 Å². The van der Waals surface area contributed by atoms with Crippen LogP contribution >= 0.6 is 0 Å². The van der Waals surface area contributed by atoms with Crippen LogP contribution in [0.15, 0.2) is 18.3 Å². The topological polar surface area (TPSA) is 45.6 Å². The van der Waals surface area contributed by atoms with Gasteiger partial charge in [0, 0.05) is 37.8 Å². The lowest BCUT2D eigenvalue weighted by molar-refractivity contribution is -0.152. The molecule has 0 saturated carbocycles. The Morgan fingerprint density at radius 3 is 2.72 bits per heavy atom. The Morgan fingerprint density at radius 1 is 1.24 bits per heavy atom. The summed E-state index contributed by atoms with van der Waals surface area (Å²) in [6.45, 7) is 2.75. The molecule has 2 amide bonds. The maximum absolute atomic E-state index is 13.3. The van der Waals surface area contributed by atoms with Crippen molar-refractivity contribution in [1.29, 1.82) is 0 Å². The second-order valence-electron chi connectivity index (χ2n) is 9.34. The Bertz CT molecular complexity index is 763. The molecule has 1 aromatic heterocycles. The van der Waals surface area contributed by atoms with Crippen LogP contribution in [0, 0.1) is 17.8 Å². The van der Waals surface area contributed by atoms with Crippen LogP contribution in [0.1, 0.15) is 69.4 Å². The fourth-order valence-corrected chi connectivity index (χ4v) is 5.72. The van der Waals surface area contributed by atoms with E-state index >= 15 is 0 Å². The number of carbonyl (C=O) groups is 2. The number of halogens is 2. The van der Waals surface area contributed by atoms with Crippen molar-refractivity contribution in [3.63, 3.8) is 0 Å². The van der Waals surface area contributed by atoms with E-state index in [-0.39, 0.29) is 41.4 Å². The summed E-state index contributed by atoms with van der Waals surface area (Å²) in [4.78, 5) is 29.8. The quantitative estimate of drug-likeness (QED) is 0.736. The summed E-state index contributed by atoms with van der Waals surface area (Å²) in [7, 11) is 0. The first-order valence-electron chi connectivity index (χ1n) is 10.9. The molecular formula is C22H31F2N3O2. The fraction of sp³-hybridized carbons (Fsp3) is 0.727. The second-order valence-corrected chi connectivity index (χ2v) is 9.34. The summed E-state index contributed by atoms with van der Waals surface area (Å²) < 4.78 is 27.3. The van der Waals surface area contributed by atoms with E-state index < -0.39 is 6.55 Å². The van der Waals surface area contributed by atoms with Crippen LogP contribution in [0.5, 0.6) is 0 Å². The Hall–Kier alpha value is -1.92. The van der Waals surface area contributed by atoms with Crippen LogP contribution in [-0.2, 0) is 4.79 Å². The number of hydrogen-bond donors (Lipinski definition) is 0. The highest BCUT2D eigenvalue weighted by atomic mass is 19.3. The largest absolute Gasteiger partial charge is 0.337 e. The first-order chi connectivity index (χ1) is 13.9. The van der Waals surface area contributed by atoms with Gasteiger partial charge in [-0.15, -0.1) is 0 Å². The highest BCUT2D eigenvalue weighted by Gasteiger charge is 2.50. The van der Waals surface area contributed by atoms with Crippen molar-refractivity contribution in [2.24, 2.45) is 17.8 Å². The van der Waals surface area contributed by atoms with Gasteiger partial charge in [0.1, 0.15) is 5.69 Å². The van der Waals surface area contributed by atoms with Crippen molar-refractivity contribution in [3.8, 4) is 0 Å². The minimum Gasteiger partial charge on any atom is -0.337 e. The number of amides is 2. The average molecular weight is 408 g/mol. The molecule has 0 aromatic carbocycles. The number of rotatable bonds is 5. The maximum Gasteiger partial charge on any atom is 0.319 e. The zero-order chi connectivity index (χ0) is 20.7. The van der Waals surface area contributed by atoms with Gasteiger partial charge in [0.05, 0.1) is 0 Å². The summed E-state index contributed by atoms with van der Waals surface area (Å²) >= 11 is 0. The second kappa shape index (κ2) is 8.07. The number of aromatic nitrogens is 1. The predicted molar refractivity (Wildman–Crippen MR) is 106 cm³/mol. The smallest absolute Gasteiger partial charge is 0.319 e. The minimum absolute atomic E-state index is 0.0512. The van der Waals surface area contributed by atoms with Gasteiger partial charge in [0.25, 0.3) is 5.91 Å². The van der Waals surface area contributed by atoms with Gasteiger partial charge in [-0.1, -0.05) is 13.8 Å². The minimum atomic E-state index is -2.72. The maximum atomic E-state index is 13.3. The molecule has 0 unspecified atom stereocenters. The summed E-state index contributed by atoms with van der Waals surface area (Å²) in [5.74, 6) is 0.970. The van der Waals surface area contributed by atoms with Crippen LogP contribution in [0.2, 0.25) is 0 Å². The van der Waals surface area contributed by atoms with Crippen molar-refractivity contribution >= 4 is 11.8 Å². The highest BCUT2D eigenvalue weighted by molar-refractivity contribution is 5.93. The fourth-order valence-electron chi connectivity index (χ4n) is 5.72. The van der Waals surface area contributed by atoms with E-state index in [0.717, 1.165) is 36.7 Å². The molecule has 0 N–H and O–H groups in total. The van der Waals surface area contributed by atoms with E-state index in [1.54, 1.807) is 4.90 Å². The molecule has 4 heterocycles. The molecule has 0 spiro atoms. The molecule has 7 heteroatoms. The lowest BCUT2D eigenvalue weighted by atomic mass is 9.70. The number of carbonyl (C=O) groups excluding carboxylic acids is 2. The molecule has 5 nitrogen and oxygen atoms in total. The zero-order valence-electron chi connectivity index (χ0n) is 17.3. The first-order valence-corrected chi connectivity index (χ1v) is 10.9. The normalized spacial score (nSPS) is 29.5. The van der Waals surface area contributed by atoms with E-state index in [0.29, 0.717) is 25.4 Å². The molecule has 29 heavy (non-hydrogen) atoms. The van der Waals surface area contributed by atoms with E-state index in [9.17, 15) is 18.4 Å². The average Bonchev–Trinajstić information content (AvgIpc) is 3.17. The summed E-state index contributed by atoms with van der Waals surface area (Å²) in [5.41, 5.74) is 0.0512. The molecule has 3 fully saturated rings. The third kappa shape index (κ3) is 3.80. The van der Waals surface area contributed by atoms with E-state index in [1.807, 2.05) is 0 Å². The van der Waals surface area contributed by atoms with Crippen molar-refractivity contribution in [1.82, 2.24) is 14.4 Å². The SMILES string of the molecule is CC(C)CC[C@H]1[C@H]2C[C@H](CN(C(=O)c3cccn3C(F)F)C2)[C@@H]2CCCC(=O)N21. The standard InChI is InChI=1S/C22H31F2N3O2/c1-14(2)8-9-18-16-11-15(17-5-3-7-20(28)27(17)18)12-25(13-16)21(29)19-6-4-10-26(19)22(23)24/h4,6,10,14-18,22H,3,5,7-9,11-13H2,1-2H3/t15-,16+,17+,18+/m1/s1. The van der Waals surface area contributed by atoms with Crippen LogP contribution < -0.4 is 0 Å². The number of alkyl halides is 2. The summed E-state index contributed by atoms with van der Waals surface area (Å²) in [5, 5.41) is 0. The van der Waals surface area contributed by atoms with Crippen LogP contribution in [-0.4, -0.2) is 51.4 Å². The number of likely N-dealkylation sites (tertiary alicyclic amines) is 1. The molecule has 3 aliphatic rings. The molecule has 3 aliphatic heterocycles. The molecule has 1 aromatic rings. The van der Waals surface area contributed by atoms with E-state index in [1.165, 1.54) is 18.3 Å². The molecule has 4 rings (SSSR count). The molecule has 160 valence electrons. The predicted octanol–water partition coefficient (Wildman–Crippen LogP) is 4.16. The monoisotopic (exact) mass is 407 g/mol. The lowest BCUT2D eigenvalue weighted by Gasteiger charge is -2.56. The van der Waals surface area contributed by atoms with Crippen molar-refractivity contribution < 1.29 is 18.4 Å². The Morgan fingerprint density at radius 2 is 2.00 bits per heavy atom. The zero-order valence-corrected chi connectivity index (χ0v) is 17.3. The van der Waals surface area contributed by atoms with Crippen LogP contribution in [0.3, 0.4) is 0 Å². The Balaban J connectivity index is 1.59. The number of nitrogens with zero attached hydrogens (tertiary/aromatic N) is 3. The van der Waals surface area contributed by atoms with Gasteiger partial charge in [-0.05, 0) is 62.0 Å². The van der Waals surface area contributed by atoms with Crippen molar-refractivity contribution in [2.45, 2.75) is 71.0 Å². The van der Waals surface area contributed by atoms with Crippen molar-refractivity contribution in [3.05, 3.63) is 24.0 Å². The number of hydrogen-bond acceptors (Lipinski definition) is 2. The highest BCUT2D eigenvalue weighted by Crippen LogP contribution is 2.43. The van der Waals surface area contributed by atoms with Gasteiger partial charge in [0.15, 0.2) is 0 Å². The van der Waals surface area contributed by atoms with E-state index in [2.05, 4.69) is 18.7 Å². The molecule has 4 atom stereocenters. The molecule has 2 bridgehead atoms. The van der Waals surface area contributed by atoms with Crippen LogP contribution in [0.25, 0.3) is 0 Å². The van der Waals surface area contributed by atoms with E-state index in [4.69, 9.17) is 0 Å². The molecule has 3 saturated heterocycles. The molecular weight excluding hydrogens is 376 g/mol. The van der Waals surface area contributed by atoms with Gasteiger partial charge < -0.3 is 9.80 Å². The molecule has 0 radical (unpaired) electrons. The summed E-state index contributed by atoms with van der Waals surface area (Å²) in [6.07, 6.45) is 6.79. The molecule has 0 aliphatic carbocycles. The first kappa shape index (κ1) is 20.4. The van der Waals surface area contributed by atoms with Crippen LogP contribution in [0.4, 0.5) is 8.78 Å². The van der Waals surface area contributed by atoms with Gasteiger partial charge >= 0.3 is 6.55 Å². The van der Waals surface area contributed by atoms with Gasteiger partial charge in [-0.2, -0.15) is 8.78 Å². The summed E-state index contributed by atoms with van der Waals surface area (Å²) in [6, 6.07) is 3.31. The van der Waals surface area contributed by atoms with Gasteiger partial charge in [-0.25, -0.2) is 0 Å². The van der Waals surface area contributed by atoms with Gasteiger partial charge in [-0.3, -0.25) is 14.2 Å². The van der Waals surface area contributed by atoms with Crippen molar-refractivity contribution in [2.75, 3.05) is 13.1 Å². The third-order valence-corrected chi connectivity index (χ3v) is 7.03. The van der Waals surface area contributed by atoms with Gasteiger partial charge in [0.2, 0.25) is 5.91 Å². The number of fused-ring (bicyclic) bond motifs is 4. The number of piperidine rings is 3. The lowest BCUT2D eigenvalue weighted by Crippen LogP contribution is -2.65. The Kier molecular flexibility index (Phi) is 5.67.